The molecule has 1 heterocycles. The molecule has 0 aromatic heterocycles. The fourth-order valence-corrected chi connectivity index (χ4v) is 3.92. The number of anilines is 1. The normalized spacial score (nSPS) is 13.7. The van der Waals surface area contributed by atoms with Gasteiger partial charge >= 0.3 is 0 Å². The van der Waals surface area contributed by atoms with Crippen molar-refractivity contribution in [1.82, 2.24) is 0 Å². The number of fused-ring (bicyclic) bond motifs is 1. The second-order valence-electron chi connectivity index (χ2n) is 5.88. The number of hydrogen-bond acceptors (Lipinski definition) is 5. The van der Waals surface area contributed by atoms with Crippen LogP contribution >= 0.6 is 11.6 Å². The molecule has 27 heavy (non-hydrogen) atoms. The number of amides is 1. The van der Waals surface area contributed by atoms with Crippen molar-refractivity contribution in [1.29, 1.82) is 0 Å². The topological polar surface area (TPSA) is 81.7 Å². The summed E-state index contributed by atoms with van der Waals surface area (Å²) in [5.41, 5.74) is -0.0968. The molecule has 0 saturated heterocycles. The quantitative estimate of drug-likeness (QED) is 0.812. The van der Waals surface area contributed by atoms with E-state index in [4.69, 9.17) is 21.1 Å². The molecule has 0 fully saturated rings. The number of sulfone groups is 1. The van der Waals surface area contributed by atoms with E-state index in [9.17, 15) is 17.6 Å². The van der Waals surface area contributed by atoms with Crippen LogP contribution in [0.3, 0.4) is 0 Å². The summed E-state index contributed by atoms with van der Waals surface area (Å²) in [5, 5.41) is 2.19. The molecule has 0 saturated carbocycles. The lowest BCUT2D eigenvalue weighted by Crippen LogP contribution is -2.18. The summed E-state index contributed by atoms with van der Waals surface area (Å²) in [6.45, 7) is 0.934. The molecule has 6 nitrogen and oxygen atoms in total. The zero-order valence-corrected chi connectivity index (χ0v) is 15.8. The molecule has 1 aliphatic rings. The first-order chi connectivity index (χ1) is 12.9. The minimum Gasteiger partial charge on any atom is -0.490 e. The van der Waals surface area contributed by atoms with E-state index >= 15 is 0 Å². The van der Waals surface area contributed by atoms with Crippen molar-refractivity contribution in [3.8, 4) is 11.5 Å². The minimum atomic E-state index is -3.73. The number of halogens is 2. The number of rotatable bonds is 5. The monoisotopic (exact) mass is 413 g/mol. The Labute approximate surface area is 161 Å². The highest BCUT2D eigenvalue weighted by Gasteiger charge is 2.20. The van der Waals surface area contributed by atoms with Gasteiger partial charge in [0.1, 0.15) is 0 Å². The van der Waals surface area contributed by atoms with Crippen LogP contribution in [0.15, 0.2) is 41.3 Å². The first kappa shape index (κ1) is 19.4. The van der Waals surface area contributed by atoms with Gasteiger partial charge in [-0.1, -0.05) is 17.7 Å². The van der Waals surface area contributed by atoms with E-state index in [-0.39, 0.29) is 22.0 Å². The smallest absolute Gasteiger partial charge is 0.225 e. The maximum atomic E-state index is 13.8. The number of hydrogen-bond donors (Lipinski definition) is 1. The molecule has 2 aromatic carbocycles. The molecule has 0 unspecified atom stereocenters. The first-order valence-electron chi connectivity index (χ1n) is 8.23. The van der Waals surface area contributed by atoms with Crippen LogP contribution in [0.1, 0.15) is 12.8 Å². The van der Waals surface area contributed by atoms with Crippen molar-refractivity contribution in [2.24, 2.45) is 0 Å². The third-order valence-corrected chi connectivity index (χ3v) is 5.91. The lowest BCUT2D eigenvalue weighted by atomic mass is 10.3. The highest BCUT2D eigenvalue weighted by molar-refractivity contribution is 7.91. The Morgan fingerprint density at radius 3 is 2.67 bits per heavy atom. The molecule has 0 spiro atoms. The Morgan fingerprint density at radius 1 is 1.15 bits per heavy atom. The molecule has 0 bridgehead atoms. The van der Waals surface area contributed by atoms with Crippen molar-refractivity contribution in [3.63, 3.8) is 0 Å². The van der Waals surface area contributed by atoms with Gasteiger partial charge in [-0.15, -0.1) is 0 Å². The van der Waals surface area contributed by atoms with Crippen molar-refractivity contribution in [3.05, 3.63) is 47.2 Å². The van der Waals surface area contributed by atoms with Crippen LogP contribution in [0.4, 0.5) is 10.1 Å². The molecule has 0 aliphatic carbocycles. The molecule has 1 aliphatic heterocycles. The third kappa shape index (κ3) is 4.70. The van der Waals surface area contributed by atoms with Crippen molar-refractivity contribution in [2.45, 2.75) is 17.7 Å². The highest BCUT2D eigenvalue weighted by Crippen LogP contribution is 2.32. The van der Waals surface area contributed by atoms with E-state index < -0.39 is 27.3 Å². The number of benzene rings is 2. The molecule has 1 amide bonds. The van der Waals surface area contributed by atoms with Crippen LogP contribution < -0.4 is 14.8 Å². The highest BCUT2D eigenvalue weighted by atomic mass is 35.5. The Kier molecular flexibility index (Phi) is 5.86. The van der Waals surface area contributed by atoms with Gasteiger partial charge in [-0.2, -0.15) is 0 Å². The molecule has 144 valence electrons. The number of nitrogens with one attached hydrogen (secondary N) is 1. The average molecular weight is 414 g/mol. The van der Waals surface area contributed by atoms with Crippen molar-refractivity contribution < 1.29 is 27.1 Å². The molecule has 0 radical (unpaired) electrons. The zero-order valence-electron chi connectivity index (χ0n) is 14.2. The lowest BCUT2D eigenvalue weighted by molar-refractivity contribution is -0.115. The van der Waals surface area contributed by atoms with Crippen LogP contribution in [0, 0.1) is 5.82 Å². The van der Waals surface area contributed by atoms with E-state index in [2.05, 4.69) is 5.32 Å². The Bertz CT molecular complexity index is 964. The van der Waals surface area contributed by atoms with Gasteiger partial charge in [-0.3, -0.25) is 4.79 Å². The minimum absolute atomic E-state index is 0.0356. The molecule has 0 atom stereocenters. The molecule has 1 N–H and O–H groups in total. The van der Waals surface area contributed by atoms with Gasteiger partial charge in [0, 0.05) is 18.9 Å². The Hall–Kier alpha value is -2.32. The molecular formula is C18H17ClFNO5S. The summed E-state index contributed by atoms with van der Waals surface area (Å²) < 4.78 is 49.8. The van der Waals surface area contributed by atoms with Crippen LogP contribution in [0.2, 0.25) is 5.02 Å². The largest absolute Gasteiger partial charge is 0.490 e. The van der Waals surface area contributed by atoms with Crippen LogP contribution in [-0.4, -0.2) is 33.3 Å². The van der Waals surface area contributed by atoms with Gasteiger partial charge in [-0.05, 0) is 24.3 Å². The van der Waals surface area contributed by atoms with Crippen molar-refractivity contribution >= 4 is 33.0 Å². The van der Waals surface area contributed by atoms with Gasteiger partial charge in [0.2, 0.25) is 5.91 Å². The van der Waals surface area contributed by atoms with Gasteiger partial charge in [0.25, 0.3) is 0 Å². The average Bonchev–Trinajstić information content (AvgIpc) is 2.89. The second-order valence-corrected chi connectivity index (χ2v) is 8.39. The van der Waals surface area contributed by atoms with Gasteiger partial charge in [0.15, 0.2) is 27.2 Å². The molecular weight excluding hydrogens is 397 g/mol. The van der Waals surface area contributed by atoms with E-state index in [0.717, 1.165) is 0 Å². The van der Waals surface area contributed by atoms with Crippen LogP contribution in [0.25, 0.3) is 0 Å². The summed E-state index contributed by atoms with van der Waals surface area (Å²) in [6.07, 6.45) is 0.375. The number of ether oxygens (including phenoxy) is 2. The lowest BCUT2D eigenvalue weighted by Gasteiger charge is -2.10. The van der Waals surface area contributed by atoms with Gasteiger partial charge < -0.3 is 14.8 Å². The summed E-state index contributed by atoms with van der Waals surface area (Å²) in [5.74, 6) is -0.979. The fourth-order valence-electron chi connectivity index (χ4n) is 2.50. The standard InChI is InChI=1S/C18H17ClFNO5S/c19-13-3-1-4-14(18(13)20)21-17(22)7-10-27(23,24)12-5-6-15-16(11-12)26-9-2-8-25-15/h1,3-6,11H,2,7-10H2,(H,21,22). The molecule has 2 aromatic rings. The maximum absolute atomic E-state index is 13.8. The van der Waals surface area contributed by atoms with E-state index in [1.165, 1.54) is 36.4 Å². The van der Waals surface area contributed by atoms with Gasteiger partial charge in [0.05, 0.1) is 34.6 Å². The number of carbonyl (C=O) groups is 1. The first-order valence-corrected chi connectivity index (χ1v) is 10.3. The van der Waals surface area contributed by atoms with Crippen LogP contribution in [-0.2, 0) is 14.6 Å². The van der Waals surface area contributed by atoms with E-state index in [1.54, 1.807) is 0 Å². The zero-order chi connectivity index (χ0) is 19.4. The maximum Gasteiger partial charge on any atom is 0.225 e. The fraction of sp³-hybridized carbons (Fsp3) is 0.278. The summed E-state index contributed by atoms with van der Waals surface area (Å²) in [6, 6.07) is 8.52. The Morgan fingerprint density at radius 2 is 1.89 bits per heavy atom. The number of carbonyl (C=O) groups excluding carboxylic acids is 1. The second kappa shape index (κ2) is 8.14. The molecule has 3 rings (SSSR count). The summed E-state index contributed by atoms with van der Waals surface area (Å²) in [4.78, 5) is 12.0. The molecule has 9 heteroatoms. The summed E-state index contributed by atoms with van der Waals surface area (Å²) in [7, 11) is -3.73. The third-order valence-electron chi connectivity index (χ3n) is 3.90. The van der Waals surface area contributed by atoms with Crippen molar-refractivity contribution in [2.75, 3.05) is 24.3 Å². The SMILES string of the molecule is O=C(CCS(=O)(=O)c1ccc2c(c1)OCCCO2)Nc1cccc(Cl)c1F. The predicted octanol–water partition coefficient (Wildman–Crippen LogP) is 3.44. The van der Waals surface area contributed by atoms with Crippen LogP contribution in [0.5, 0.6) is 11.5 Å². The predicted molar refractivity (Wildman–Crippen MR) is 98.8 cm³/mol. The van der Waals surface area contributed by atoms with Gasteiger partial charge in [-0.25, -0.2) is 12.8 Å². The van der Waals surface area contributed by atoms with E-state index in [1.807, 2.05) is 0 Å². The Balaban J connectivity index is 1.67. The summed E-state index contributed by atoms with van der Waals surface area (Å²) >= 11 is 5.65. The van der Waals surface area contributed by atoms with E-state index in [0.29, 0.717) is 31.1 Å².